The van der Waals surface area contributed by atoms with E-state index in [2.05, 4.69) is 17.4 Å². The predicted octanol–water partition coefficient (Wildman–Crippen LogP) is 3.21. The lowest BCUT2D eigenvalue weighted by Gasteiger charge is -2.23. The lowest BCUT2D eigenvalue weighted by atomic mass is 9.90. The molecule has 0 aliphatic carbocycles. The topological polar surface area (TPSA) is 49.3 Å². The molecule has 2 aromatic carbocycles. The summed E-state index contributed by atoms with van der Waals surface area (Å²) in [5, 5.41) is 14.8. The summed E-state index contributed by atoms with van der Waals surface area (Å²) in [6.45, 7) is 1.91. The second-order valence-electron chi connectivity index (χ2n) is 4.73. The predicted molar refractivity (Wildman–Crippen MR) is 77.2 cm³/mol. The standard InChI is InChI=1S/C16H19NO2/c1-3-14(16(18)19)15(17-2)13-9-8-11-6-4-5-7-12(11)10-13/h4-10,14-15,17H,3H2,1-2H3,(H,18,19). The first-order chi connectivity index (χ1) is 9.17. The average molecular weight is 257 g/mol. The molecular formula is C16H19NO2. The highest BCUT2D eigenvalue weighted by Gasteiger charge is 2.26. The van der Waals surface area contributed by atoms with Crippen LogP contribution in [0.5, 0.6) is 0 Å². The summed E-state index contributed by atoms with van der Waals surface area (Å²) in [5.41, 5.74) is 1.02. The largest absolute Gasteiger partial charge is 0.481 e. The molecule has 3 nitrogen and oxygen atoms in total. The van der Waals surface area contributed by atoms with Crippen molar-refractivity contribution >= 4 is 16.7 Å². The highest BCUT2D eigenvalue weighted by molar-refractivity contribution is 5.83. The van der Waals surface area contributed by atoms with Crippen molar-refractivity contribution in [1.82, 2.24) is 5.32 Å². The Kier molecular flexibility index (Phi) is 4.17. The van der Waals surface area contributed by atoms with Gasteiger partial charge in [0.25, 0.3) is 0 Å². The third-order valence-electron chi connectivity index (χ3n) is 3.60. The van der Waals surface area contributed by atoms with Crippen LogP contribution in [-0.2, 0) is 4.79 Å². The van der Waals surface area contributed by atoms with E-state index in [0.717, 1.165) is 10.9 Å². The van der Waals surface area contributed by atoms with Gasteiger partial charge in [-0.15, -0.1) is 0 Å². The zero-order valence-electron chi connectivity index (χ0n) is 11.3. The normalized spacial score (nSPS) is 14.2. The van der Waals surface area contributed by atoms with Crippen LogP contribution >= 0.6 is 0 Å². The Morgan fingerprint density at radius 2 is 1.89 bits per heavy atom. The van der Waals surface area contributed by atoms with Gasteiger partial charge in [-0.1, -0.05) is 43.3 Å². The lowest BCUT2D eigenvalue weighted by molar-refractivity contribution is -0.143. The number of fused-ring (bicyclic) bond motifs is 1. The Hall–Kier alpha value is -1.87. The van der Waals surface area contributed by atoms with Crippen LogP contribution in [0, 0.1) is 5.92 Å². The fraction of sp³-hybridized carbons (Fsp3) is 0.312. The van der Waals surface area contributed by atoms with E-state index in [9.17, 15) is 9.90 Å². The second-order valence-corrected chi connectivity index (χ2v) is 4.73. The third-order valence-corrected chi connectivity index (χ3v) is 3.60. The minimum atomic E-state index is -0.755. The van der Waals surface area contributed by atoms with Gasteiger partial charge in [-0.25, -0.2) is 0 Å². The number of rotatable bonds is 5. The van der Waals surface area contributed by atoms with Gasteiger partial charge in [0.05, 0.1) is 5.92 Å². The number of hydrogen-bond acceptors (Lipinski definition) is 2. The van der Waals surface area contributed by atoms with E-state index in [-0.39, 0.29) is 6.04 Å². The number of carbonyl (C=O) groups is 1. The molecule has 0 bridgehead atoms. The Balaban J connectivity index is 2.42. The second kappa shape index (κ2) is 5.85. The molecule has 3 heteroatoms. The maximum Gasteiger partial charge on any atom is 0.308 e. The highest BCUT2D eigenvalue weighted by Crippen LogP contribution is 2.27. The molecule has 100 valence electrons. The smallest absolute Gasteiger partial charge is 0.308 e. The number of benzene rings is 2. The Morgan fingerprint density at radius 1 is 1.21 bits per heavy atom. The summed E-state index contributed by atoms with van der Waals surface area (Å²) in [7, 11) is 1.81. The summed E-state index contributed by atoms with van der Waals surface area (Å²) in [6.07, 6.45) is 0.605. The Morgan fingerprint density at radius 3 is 2.47 bits per heavy atom. The van der Waals surface area contributed by atoms with Gasteiger partial charge in [0, 0.05) is 6.04 Å². The first-order valence-electron chi connectivity index (χ1n) is 6.56. The minimum absolute atomic E-state index is 0.160. The van der Waals surface area contributed by atoms with Crippen LogP contribution in [0.25, 0.3) is 10.8 Å². The summed E-state index contributed by atoms with van der Waals surface area (Å²) < 4.78 is 0. The van der Waals surface area contributed by atoms with Crippen molar-refractivity contribution in [2.45, 2.75) is 19.4 Å². The van der Waals surface area contributed by atoms with Crippen LogP contribution in [0.3, 0.4) is 0 Å². The molecule has 0 amide bonds. The van der Waals surface area contributed by atoms with E-state index in [1.54, 1.807) is 0 Å². The van der Waals surface area contributed by atoms with Crippen LogP contribution in [0.1, 0.15) is 24.9 Å². The van der Waals surface area contributed by atoms with E-state index < -0.39 is 11.9 Å². The maximum atomic E-state index is 11.3. The molecule has 19 heavy (non-hydrogen) atoms. The zero-order valence-corrected chi connectivity index (χ0v) is 11.3. The molecule has 0 aromatic heterocycles. The molecule has 2 atom stereocenters. The Labute approximate surface area is 113 Å². The van der Waals surface area contributed by atoms with Gasteiger partial charge >= 0.3 is 5.97 Å². The van der Waals surface area contributed by atoms with Crippen LogP contribution in [0.2, 0.25) is 0 Å². The zero-order chi connectivity index (χ0) is 13.8. The molecule has 0 radical (unpaired) electrons. The molecule has 0 heterocycles. The SMILES string of the molecule is CCC(C(=O)O)C(NC)c1ccc2ccccc2c1. The van der Waals surface area contributed by atoms with Crippen molar-refractivity contribution in [2.75, 3.05) is 7.05 Å². The van der Waals surface area contributed by atoms with E-state index in [1.165, 1.54) is 5.39 Å². The molecule has 2 unspecified atom stereocenters. The van der Waals surface area contributed by atoms with Crippen molar-refractivity contribution < 1.29 is 9.90 Å². The van der Waals surface area contributed by atoms with Gasteiger partial charge < -0.3 is 10.4 Å². The fourth-order valence-corrected chi connectivity index (χ4v) is 2.55. The van der Waals surface area contributed by atoms with Gasteiger partial charge in [-0.05, 0) is 35.9 Å². The summed E-state index contributed by atoms with van der Waals surface area (Å²) in [5.74, 6) is -1.17. The molecule has 2 N–H and O–H groups in total. The highest BCUT2D eigenvalue weighted by atomic mass is 16.4. The summed E-state index contributed by atoms with van der Waals surface area (Å²) >= 11 is 0. The van der Waals surface area contributed by atoms with E-state index >= 15 is 0 Å². The number of carboxylic acid groups (broad SMARTS) is 1. The van der Waals surface area contributed by atoms with Gasteiger partial charge in [-0.3, -0.25) is 4.79 Å². The molecule has 2 rings (SSSR count). The fourth-order valence-electron chi connectivity index (χ4n) is 2.55. The minimum Gasteiger partial charge on any atom is -0.481 e. The van der Waals surface area contributed by atoms with Gasteiger partial charge in [0.1, 0.15) is 0 Å². The molecule has 0 saturated heterocycles. The Bertz CT molecular complexity index is 580. The van der Waals surface area contributed by atoms with Crippen LogP contribution in [0.4, 0.5) is 0 Å². The van der Waals surface area contributed by atoms with Gasteiger partial charge in [-0.2, -0.15) is 0 Å². The maximum absolute atomic E-state index is 11.3. The number of aliphatic carboxylic acids is 1. The molecule has 0 aliphatic heterocycles. The van der Waals surface area contributed by atoms with Crippen LogP contribution in [-0.4, -0.2) is 18.1 Å². The number of hydrogen-bond donors (Lipinski definition) is 2. The quantitative estimate of drug-likeness (QED) is 0.864. The molecule has 0 saturated carbocycles. The molecular weight excluding hydrogens is 238 g/mol. The monoisotopic (exact) mass is 257 g/mol. The lowest BCUT2D eigenvalue weighted by Crippen LogP contribution is -2.30. The summed E-state index contributed by atoms with van der Waals surface area (Å²) in [4.78, 5) is 11.3. The van der Waals surface area contributed by atoms with E-state index in [1.807, 2.05) is 44.3 Å². The van der Waals surface area contributed by atoms with Crippen molar-refractivity contribution in [2.24, 2.45) is 5.92 Å². The van der Waals surface area contributed by atoms with Gasteiger partial charge in [0.2, 0.25) is 0 Å². The van der Waals surface area contributed by atoms with Gasteiger partial charge in [0.15, 0.2) is 0 Å². The van der Waals surface area contributed by atoms with Crippen molar-refractivity contribution in [3.63, 3.8) is 0 Å². The molecule has 0 spiro atoms. The number of nitrogens with one attached hydrogen (secondary N) is 1. The summed E-state index contributed by atoms with van der Waals surface area (Å²) in [6, 6.07) is 14.1. The third kappa shape index (κ3) is 2.76. The first kappa shape index (κ1) is 13.6. The van der Waals surface area contributed by atoms with E-state index in [4.69, 9.17) is 0 Å². The van der Waals surface area contributed by atoms with E-state index in [0.29, 0.717) is 6.42 Å². The van der Waals surface area contributed by atoms with Crippen molar-refractivity contribution in [3.05, 3.63) is 48.0 Å². The van der Waals surface area contributed by atoms with Crippen molar-refractivity contribution in [1.29, 1.82) is 0 Å². The first-order valence-corrected chi connectivity index (χ1v) is 6.56. The molecule has 0 fully saturated rings. The molecule has 2 aromatic rings. The average Bonchev–Trinajstić information content (AvgIpc) is 2.43. The van der Waals surface area contributed by atoms with Crippen LogP contribution in [0.15, 0.2) is 42.5 Å². The van der Waals surface area contributed by atoms with Crippen molar-refractivity contribution in [3.8, 4) is 0 Å². The van der Waals surface area contributed by atoms with Crippen LogP contribution < -0.4 is 5.32 Å². The molecule has 0 aliphatic rings. The number of carboxylic acids is 1.